The summed E-state index contributed by atoms with van der Waals surface area (Å²) >= 11 is 0. The molecule has 0 aromatic heterocycles. The van der Waals surface area contributed by atoms with Gasteiger partial charge in [-0.2, -0.15) is 0 Å². The first-order valence-electron chi connectivity index (χ1n) is 6.32. The maximum Gasteiger partial charge on any atom is 0.119 e. The van der Waals surface area contributed by atoms with Gasteiger partial charge in [0.1, 0.15) is 5.75 Å². The Morgan fingerprint density at radius 1 is 1.29 bits per heavy atom. The molecule has 2 N–H and O–H groups in total. The first-order valence-corrected chi connectivity index (χ1v) is 6.32. The summed E-state index contributed by atoms with van der Waals surface area (Å²) in [6, 6.07) is 8.14. The van der Waals surface area contributed by atoms with Crippen molar-refractivity contribution in [2.24, 2.45) is 11.7 Å². The van der Waals surface area contributed by atoms with E-state index in [1.807, 2.05) is 31.2 Å². The molecule has 0 radical (unpaired) electrons. The Kier molecular flexibility index (Phi) is 4.40. The smallest absolute Gasteiger partial charge is 0.119 e. The Hall–Kier alpha value is -1.06. The van der Waals surface area contributed by atoms with Gasteiger partial charge in [0.15, 0.2) is 0 Å². The predicted octanol–water partition coefficient (Wildman–Crippen LogP) is 2.51. The molecule has 1 unspecified atom stereocenters. The van der Waals surface area contributed by atoms with Gasteiger partial charge >= 0.3 is 0 Å². The van der Waals surface area contributed by atoms with E-state index in [-0.39, 0.29) is 6.04 Å². The van der Waals surface area contributed by atoms with Gasteiger partial charge in [-0.15, -0.1) is 0 Å². The molecule has 0 bridgehead atoms. The van der Waals surface area contributed by atoms with E-state index in [4.69, 9.17) is 15.2 Å². The molecule has 1 saturated heterocycles. The highest BCUT2D eigenvalue weighted by molar-refractivity contribution is 5.28. The number of ether oxygens (including phenoxy) is 2. The summed E-state index contributed by atoms with van der Waals surface area (Å²) in [5.74, 6) is 1.57. The molecule has 0 aliphatic carbocycles. The molecule has 0 amide bonds. The van der Waals surface area contributed by atoms with Crippen LogP contribution in [0, 0.1) is 5.92 Å². The first-order chi connectivity index (χ1) is 8.25. The molecule has 0 saturated carbocycles. The third kappa shape index (κ3) is 3.72. The summed E-state index contributed by atoms with van der Waals surface area (Å²) in [5.41, 5.74) is 6.94. The zero-order valence-electron chi connectivity index (χ0n) is 10.4. The van der Waals surface area contributed by atoms with Crippen molar-refractivity contribution < 1.29 is 9.47 Å². The van der Waals surface area contributed by atoms with E-state index in [0.717, 1.165) is 44.0 Å². The third-order valence-corrected chi connectivity index (χ3v) is 3.23. The third-order valence-electron chi connectivity index (χ3n) is 3.23. The van der Waals surface area contributed by atoms with Crippen LogP contribution in [0.25, 0.3) is 0 Å². The molecule has 1 fully saturated rings. The molecule has 0 spiro atoms. The topological polar surface area (TPSA) is 44.5 Å². The molecule has 1 heterocycles. The van der Waals surface area contributed by atoms with Crippen LogP contribution >= 0.6 is 0 Å². The average molecular weight is 235 g/mol. The summed E-state index contributed by atoms with van der Waals surface area (Å²) in [7, 11) is 0. The minimum Gasteiger partial charge on any atom is -0.493 e. The normalized spacial score (nSPS) is 18.9. The fourth-order valence-electron chi connectivity index (χ4n) is 1.99. The van der Waals surface area contributed by atoms with Crippen LogP contribution in [0.4, 0.5) is 0 Å². The quantitative estimate of drug-likeness (QED) is 0.872. The Labute approximate surface area is 103 Å². The van der Waals surface area contributed by atoms with Crippen LogP contribution in [0.5, 0.6) is 5.75 Å². The second-order valence-electron chi connectivity index (χ2n) is 4.72. The summed E-state index contributed by atoms with van der Waals surface area (Å²) in [5, 5.41) is 0. The van der Waals surface area contributed by atoms with Gasteiger partial charge in [-0.25, -0.2) is 0 Å². The van der Waals surface area contributed by atoms with Crippen molar-refractivity contribution >= 4 is 0 Å². The molecule has 2 rings (SSSR count). The number of benzene rings is 1. The summed E-state index contributed by atoms with van der Waals surface area (Å²) in [4.78, 5) is 0. The number of hydrogen-bond donors (Lipinski definition) is 1. The Balaban J connectivity index is 1.82. The molecule has 1 atom stereocenters. The molecule has 17 heavy (non-hydrogen) atoms. The van der Waals surface area contributed by atoms with Gasteiger partial charge < -0.3 is 15.2 Å². The fraction of sp³-hybridized carbons (Fsp3) is 0.571. The van der Waals surface area contributed by atoms with Crippen LogP contribution in [-0.2, 0) is 4.74 Å². The minimum absolute atomic E-state index is 0.0829. The Bertz CT molecular complexity index is 329. The van der Waals surface area contributed by atoms with Crippen molar-refractivity contribution in [3.63, 3.8) is 0 Å². The monoisotopic (exact) mass is 235 g/mol. The Morgan fingerprint density at radius 3 is 2.53 bits per heavy atom. The molecule has 1 aliphatic rings. The van der Waals surface area contributed by atoms with Crippen LogP contribution in [0.2, 0.25) is 0 Å². The second kappa shape index (κ2) is 6.03. The first kappa shape index (κ1) is 12.4. The molecule has 3 heteroatoms. The molecule has 1 aliphatic heterocycles. The SMILES string of the molecule is CC(N)c1ccc(OCC2CCOCC2)cc1. The van der Waals surface area contributed by atoms with E-state index >= 15 is 0 Å². The van der Waals surface area contributed by atoms with Gasteiger partial charge in [-0.05, 0) is 43.4 Å². The van der Waals surface area contributed by atoms with Crippen LogP contribution in [0.1, 0.15) is 31.4 Å². The summed E-state index contributed by atoms with van der Waals surface area (Å²) < 4.78 is 11.1. The van der Waals surface area contributed by atoms with E-state index in [1.54, 1.807) is 0 Å². The van der Waals surface area contributed by atoms with Crippen LogP contribution in [0.15, 0.2) is 24.3 Å². The van der Waals surface area contributed by atoms with Gasteiger partial charge in [0, 0.05) is 19.3 Å². The average Bonchev–Trinajstić information content (AvgIpc) is 2.38. The molecular formula is C14H21NO2. The maximum atomic E-state index is 5.80. The van der Waals surface area contributed by atoms with Crippen molar-refractivity contribution in [1.29, 1.82) is 0 Å². The summed E-state index contributed by atoms with van der Waals surface area (Å²) in [6.07, 6.45) is 2.22. The van der Waals surface area contributed by atoms with Crippen molar-refractivity contribution in [1.82, 2.24) is 0 Å². The lowest BCUT2D eigenvalue weighted by atomic mass is 10.0. The lowest BCUT2D eigenvalue weighted by Gasteiger charge is -2.22. The lowest BCUT2D eigenvalue weighted by Crippen LogP contribution is -2.21. The van der Waals surface area contributed by atoms with Crippen molar-refractivity contribution in [2.75, 3.05) is 19.8 Å². The van der Waals surface area contributed by atoms with E-state index in [1.165, 1.54) is 0 Å². The Morgan fingerprint density at radius 2 is 1.94 bits per heavy atom. The van der Waals surface area contributed by atoms with Gasteiger partial charge in [0.2, 0.25) is 0 Å². The van der Waals surface area contributed by atoms with Crippen molar-refractivity contribution in [3.05, 3.63) is 29.8 Å². The molecular weight excluding hydrogens is 214 g/mol. The van der Waals surface area contributed by atoms with Crippen LogP contribution in [-0.4, -0.2) is 19.8 Å². The second-order valence-corrected chi connectivity index (χ2v) is 4.72. The lowest BCUT2D eigenvalue weighted by molar-refractivity contribution is 0.0497. The van der Waals surface area contributed by atoms with Crippen LogP contribution in [0.3, 0.4) is 0 Å². The highest BCUT2D eigenvalue weighted by atomic mass is 16.5. The van der Waals surface area contributed by atoms with E-state index < -0.39 is 0 Å². The van der Waals surface area contributed by atoms with Gasteiger partial charge in [-0.3, -0.25) is 0 Å². The predicted molar refractivity (Wildman–Crippen MR) is 68.1 cm³/mol. The highest BCUT2D eigenvalue weighted by Crippen LogP contribution is 2.19. The fourth-order valence-corrected chi connectivity index (χ4v) is 1.99. The standard InChI is InChI=1S/C14H21NO2/c1-11(15)13-2-4-14(5-3-13)17-10-12-6-8-16-9-7-12/h2-5,11-12H,6-10,15H2,1H3. The number of nitrogens with two attached hydrogens (primary N) is 1. The molecule has 3 nitrogen and oxygen atoms in total. The summed E-state index contributed by atoms with van der Waals surface area (Å²) in [6.45, 7) is 4.52. The minimum atomic E-state index is 0.0829. The van der Waals surface area contributed by atoms with Crippen molar-refractivity contribution in [3.8, 4) is 5.75 Å². The highest BCUT2D eigenvalue weighted by Gasteiger charge is 2.14. The molecule has 94 valence electrons. The van der Waals surface area contributed by atoms with Gasteiger partial charge in [0.25, 0.3) is 0 Å². The van der Waals surface area contributed by atoms with E-state index in [2.05, 4.69) is 0 Å². The number of rotatable bonds is 4. The van der Waals surface area contributed by atoms with E-state index in [9.17, 15) is 0 Å². The van der Waals surface area contributed by atoms with Gasteiger partial charge in [0.05, 0.1) is 6.61 Å². The van der Waals surface area contributed by atoms with Crippen molar-refractivity contribution in [2.45, 2.75) is 25.8 Å². The molecule has 1 aromatic rings. The van der Waals surface area contributed by atoms with Crippen LogP contribution < -0.4 is 10.5 Å². The largest absolute Gasteiger partial charge is 0.493 e. The van der Waals surface area contributed by atoms with E-state index in [0.29, 0.717) is 5.92 Å². The van der Waals surface area contributed by atoms with Gasteiger partial charge in [-0.1, -0.05) is 12.1 Å². The zero-order valence-corrected chi connectivity index (χ0v) is 10.4. The molecule has 1 aromatic carbocycles. The number of hydrogen-bond acceptors (Lipinski definition) is 3. The zero-order chi connectivity index (χ0) is 12.1. The maximum absolute atomic E-state index is 5.80.